The zero-order valence-corrected chi connectivity index (χ0v) is 10.5. The van der Waals surface area contributed by atoms with Crippen LogP contribution in [0.2, 0.25) is 0 Å². The number of halogens is 1. The zero-order valence-electron chi connectivity index (χ0n) is 8.94. The third kappa shape index (κ3) is 2.93. The number of aromatic nitrogens is 1. The van der Waals surface area contributed by atoms with Crippen LogP contribution in [0.5, 0.6) is 0 Å². The van der Waals surface area contributed by atoms with Gasteiger partial charge in [-0.25, -0.2) is 0 Å². The molecule has 0 aliphatic rings. The van der Waals surface area contributed by atoms with E-state index in [0.717, 1.165) is 0 Å². The smallest absolute Gasteiger partial charge is 0.212 e. The first kappa shape index (κ1) is 12.0. The molecular formula is C12H15BrN2. The number of pyridine rings is 2. The van der Waals surface area contributed by atoms with Gasteiger partial charge in [0.25, 0.3) is 0 Å². The first-order valence-corrected chi connectivity index (χ1v) is 4.92. The van der Waals surface area contributed by atoms with E-state index >= 15 is 0 Å². The SMILES string of the molecule is CC(C)Nc1cc[n+]2ccccc2c1.[Br-]. The summed E-state index contributed by atoms with van der Waals surface area (Å²) in [6.45, 7) is 4.28. The van der Waals surface area contributed by atoms with Crippen molar-refractivity contribution in [2.75, 3.05) is 5.32 Å². The molecule has 0 unspecified atom stereocenters. The molecule has 2 rings (SSSR count). The van der Waals surface area contributed by atoms with Gasteiger partial charge in [-0.2, -0.15) is 4.40 Å². The molecule has 0 aromatic carbocycles. The fraction of sp³-hybridized carbons (Fsp3) is 0.250. The number of nitrogens with zero attached hydrogens (tertiary/aromatic N) is 1. The Labute approximate surface area is 101 Å². The summed E-state index contributed by atoms with van der Waals surface area (Å²) in [5.41, 5.74) is 2.38. The van der Waals surface area contributed by atoms with Gasteiger partial charge in [0.2, 0.25) is 5.52 Å². The molecule has 2 nitrogen and oxygen atoms in total. The third-order valence-electron chi connectivity index (χ3n) is 2.10. The number of anilines is 1. The lowest BCUT2D eigenvalue weighted by atomic mass is 10.3. The van der Waals surface area contributed by atoms with Crippen LogP contribution in [0.4, 0.5) is 5.69 Å². The second-order valence-electron chi connectivity index (χ2n) is 3.75. The van der Waals surface area contributed by atoms with Crippen LogP contribution in [0.15, 0.2) is 42.7 Å². The van der Waals surface area contributed by atoms with Crippen molar-refractivity contribution >= 4 is 11.2 Å². The molecule has 2 aromatic heterocycles. The Balaban J connectivity index is 0.00000112. The molecule has 0 amide bonds. The zero-order chi connectivity index (χ0) is 9.97. The molecule has 1 N–H and O–H groups in total. The summed E-state index contributed by atoms with van der Waals surface area (Å²) >= 11 is 0. The highest BCUT2D eigenvalue weighted by Crippen LogP contribution is 2.08. The Morgan fingerprint density at radius 1 is 1.13 bits per heavy atom. The summed E-state index contributed by atoms with van der Waals surface area (Å²) in [6.07, 6.45) is 4.12. The van der Waals surface area contributed by atoms with Crippen molar-refractivity contribution in [2.24, 2.45) is 0 Å². The standard InChI is InChI=1S/C12H14N2.BrH/c1-10(2)13-11-6-8-14-7-4-3-5-12(14)9-11;/h3-10H,1-2H3;1H. The molecule has 0 saturated heterocycles. The van der Waals surface area contributed by atoms with Gasteiger partial charge in [0.15, 0.2) is 12.4 Å². The van der Waals surface area contributed by atoms with Gasteiger partial charge < -0.3 is 22.3 Å². The Bertz CT molecular complexity index is 440. The lowest BCUT2D eigenvalue weighted by Crippen LogP contribution is -3.00. The van der Waals surface area contributed by atoms with Gasteiger partial charge in [0.1, 0.15) is 0 Å². The maximum Gasteiger partial charge on any atom is 0.212 e. The number of nitrogens with one attached hydrogen (secondary N) is 1. The van der Waals surface area contributed by atoms with E-state index in [2.05, 4.69) is 60.2 Å². The summed E-state index contributed by atoms with van der Waals surface area (Å²) < 4.78 is 2.10. The normalized spacial score (nSPS) is 10.1. The fourth-order valence-corrected chi connectivity index (χ4v) is 1.52. The van der Waals surface area contributed by atoms with Crippen LogP contribution in [0.25, 0.3) is 5.52 Å². The van der Waals surface area contributed by atoms with Crippen LogP contribution in [0, 0.1) is 0 Å². The van der Waals surface area contributed by atoms with Gasteiger partial charge in [0.05, 0.1) is 0 Å². The first-order valence-electron chi connectivity index (χ1n) is 4.92. The first-order chi connectivity index (χ1) is 6.75. The molecular weight excluding hydrogens is 252 g/mol. The van der Waals surface area contributed by atoms with Crippen molar-refractivity contribution in [3.05, 3.63) is 42.7 Å². The van der Waals surface area contributed by atoms with E-state index in [1.165, 1.54) is 11.2 Å². The lowest BCUT2D eigenvalue weighted by Gasteiger charge is -2.08. The van der Waals surface area contributed by atoms with Gasteiger partial charge >= 0.3 is 0 Å². The fourth-order valence-electron chi connectivity index (χ4n) is 1.52. The number of hydrogen-bond acceptors (Lipinski definition) is 1. The number of hydrogen-bond donors (Lipinski definition) is 1. The molecule has 0 spiro atoms. The van der Waals surface area contributed by atoms with E-state index in [4.69, 9.17) is 0 Å². The van der Waals surface area contributed by atoms with Crippen molar-refractivity contribution in [1.82, 2.24) is 0 Å². The van der Waals surface area contributed by atoms with E-state index in [1.807, 2.05) is 6.07 Å². The highest BCUT2D eigenvalue weighted by Gasteiger charge is 2.02. The second kappa shape index (κ2) is 5.12. The topological polar surface area (TPSA) is 16.1 Å². The Kier molecular flexibility index (Phi) is 4.09. The quantitative estimate of drug-likeness (QED) is 0.708. The number of fused-ring (bicyclic) bond motifs is 1. The molecule has 15 heavy (non-hydrogen) atoms. The van der Waals surface area contributed by atoms with Crippen molar-refractivity contribution < 1.29 is 21.4 Å². The molecule has 0 fully saturated rings. The van der Waals surface area contributed by atoms with Gasteiger partial charge in [-0.05, 0) is 19.9 Å². The van der Waals surface area contributed by atoms with E-state index in [-0.39, 0.29) is 17.0 Å². The molecule has 3 heteroatoms. The van der Waals surface area contributed by atoms with E-state index in [1.54, 1.807) is 0 Å². The van der Waals surface area contributed by atoms with Crippen molar-refractivity contribution in [3.63, 3.8) is 0 Å². The number of rotatable bonds is 2. The molecule has 0 radical (unpaired) electrons. The van der Waals surface area contributed by atoms with Crippen molar-refractivity contribution in [3.8, 4) is 0 Å². The minimum atomic E-state index is 0. The van der Waals surface area contributed by atoms with E-state index in [0.29, 0.717) is 6.04 Å². The Hall–Kier alpha value is -1.09. The van der Waals surface area contributed by atoms with E-state index in [9.17, 15) is 0 Å². The van der Waals surface area contributed by atoms with Crippen molar-refractivity contribution in [1.29, 1.82) is 0 Å². The summed E-state index contributed by atoms with van der Waals surface area (Å²) in [6, 6.07) is 10.9. The summed E-state index contributed by atoms with van der Waals surface area (Å²) in [7, 11) is 0. The monoisotopic (exact) mass is 266 g/mol. The Morgan fingerprint density at radius 3 is 2.67 bits per heavy atom. The molecule has 2 aromatic rings. The predicted octanol–water partition coefficient (Wildman–Crippen LogP) is -0.750. The van der Waals surface area contributed by atoms with Crippen molar-refractivity contribution in [2.45, 2.75) is 19.9 Å². The van der Waals surface area contributed by atoms with Gasteiger partial charge in [-0.15, -0.1) is 0 Å². The van der Waals surface area contributed by atoms with E-state index < -0.39 is 0 Å². The minimum Gasteiger partial charge on any atom is -1.00 e. The van der Waals surface area contributed by atoms with Crippen LogP contribution in [-0.4, -0.2) is 6.04 Å². The summed E-state index contributed by atoms with van der Waals surface area (Å²) in [5.74, 6) is 0. The Morgan fingerprint density at radius 2 is 1.93 bits per heavy atom. The summed E-state index contributed by atoms with van der Waals surface area (Å²) in [5, 5.41) is 3.38. The van der Waals surface area contributed by atoms with Crippen LogP contribution in [0.1, 0.15) is 13.8 Å². The third-order valence-corrected chi connectivity index (χ3v) is 2.10. The molecule has 0 aliphatic carbocycles. The molecule has 0 bridgehead atoms. The lowest BCUT2D eigenvalue weighted by molar-refractivity contribution is -0.511. The maximum absolute atomic E-state index is 3.38. The second-order valence-corrected chi connectivity index (χ2v) is 3.75. The molecule has 0 saturated carbocycles. The molecule has 0 aliphatic heterocycles. The van der Waals surface area contributed by atoms with Crippen LogP contribution in [0.3, 0.4) is 0 Å². The van der Waals surface area contributed by atoms with Gasteiger partial charge in [-0.1, -0.05) is 0 Å². The average molecular weight is 267 g/mol. The van der Waals surface area contributed by atoms with Crippen LogP contribution in [-0.2, 0) is 0 Å². The predicted molar refractivity (Wildman–Crippen MR) is 58.4 cm³/mol. The highest BCUT2D eigenvalue weighted by atomic mass is 79.9. The van der Waals surface area contributed by atoms with Gasteiger partial charge in [-0.3, -0.25) is 0 Å². The maximum atomic E-state index is 3.38. The minimum absolute atomic E-state index is 0. The van der Waals surface area contributed by atoms with Gasteiger partial charge in [0, 0.05) is 36.0 Å². The molecule has 80 valence electrons. The molecule has 0 atom stereocenters. The largest absolute Gasteiger partial charge is 1.00 e. The highest BCUT2D eigenvalue weighted by molar-refractivity contribution is 5.53. The van der Waals surface area contributed by atoms with Crippen LogP contribution < -0.4 is 26.7 Å². The summed E-state index contributed by atoms with van der Waals surface area (Å²) in [4.78, 5) is 0. The average Bonchev–Trinajstić information content (AvgIpc) is 2.17. The molecule has 2 heterocycles. The van der Waals surface area contributed by atoms with Crippen LogP contribution >= 0.6 is 0 Å².